The first kappa shape index (κ1) is 10.8. The summed E-state index contributed by atoms with van der Waals surface area (Å²) >= 11 is 3.49. The number of pyridine rings is 1. The summed E-state index contributed by atoms with van der Waals surface area (Å²) in [5.74, 6) is 1.55. The number of rotatable bonds is 3. The lowest BCUT2D eigenvalue weighted by Crippen LogP contribution is -2.24. The third-order valence-corrected chi connectivity index (χ3v) is 3.88. The van der Waals surface area contributed by atoms with Crippen molar-refractivity contribution in [1.29, 1.82) is 0 Å². The van der Waals surface area contributed by atoms with Crippen molar-refractivity contribution in [3.63, 3.8) is 0 Å². The Kier molecular flexibility index (Phi) is 2.85. The van der Waals surface area contributed by atoms with Crippen LogP contribution in [0, 0.1) is 0 Å². The molecule has 0 spiro atoms. The predicted molar refractivity (Wildman–Crippen MR) is 73.3 cm³/mol. The van der Waals surface area contributed by atoms with Gasteiger partial charge in [-0.25, -0.2) is 4.98 Å². The van der Waals surface area contributed by atoms with Crippen molar-refractivity contribution in [2.45, 2.75) is 12.3 Å². The van der Waals surface area contributed by atoms with Crippen LogP contribution >= 0.6 is 15.9 Å². The normalized spacial score (nSPS) is 17.1. The molecule has 0 saturated carbocycles. The molecule has 1 aliphatic rings. The third kappa shape index (κ3) is 2.07. The van der Waals surface area contributed by atoms with Crippen molar-refractivity contribution >= 4 is 21.7 Å². The Balaban J connectivity index is 1.66. The molecular weight excluding hydrogens is 276 g/mol. The van der Waals surface area contributed by atoms with E-state index in [4.69, 9.17) is 0 Å². The molecule has 1 aliphatic carbocycles. The Hall–Kier alpha value is -1.35. The first-order valence-electron chi connectivity index (χ1n) is 5.77. The fourth-order valence-corrected chi connectivity index (χ4v) is 2.68. The Morgan fingerprint density at radius 2 is 2.12 bits per heavy atom. The number of hydrogen-bond donors (Lipinski definition) is 1. The molecular formula is C14H13BrN2. The van der Waals surface area contributed by atoms with Gasteiger partial charge in [-0.1, -0.05) is 24.3 Å². The average molecular weight is 289 g/mol. The van der Waals surface area contributed by atoms with E-state index in [1.807, 2.05) is 18.3 Å². The highest BCUT2D eigenvalue weighted by Gasteiger charge is 2.24. The minimum absolute atomic E-state index is 0.625. The van der Waals surface area contributed by atoms with E-state index in [-0.39, 0.29) is 0 Å². The van der Waals surface area contributed by atoms with Gasteiger partial charge in [-0.2, -0.15) is 0 Å². The van der Waals surface area contributed by atoms with Gasteiger partial charge in [0.15, 0.2) is 0 Å². The fourth-order valence-electron chi connectivity index (χ4n) is 2.28. The van der Waals surface area contributed by atoms with Crippen molar-refractivity contribution in [2.24, 2.45) is 0 Å². The van der Waals surface area contributed by atoms with Gasteiger partial charge in [-0.05, 0) is 45.6 Å². The molecule has 17 heavy (non-hydrogen) atoms. The average Bonchev–Trinajstić information content (AvgIpc) is 2.32. The summed E-state index contributed by atoms with van der Waals surface area (Å²) < 4.78 is 1.02. The van der Waals surface area contributed by atoms with Crippen LogP contribution in [0.4, 0.5) is 5.82 Å². The van der Waals surface area contributed by atoms with Gasteiger partial charge in [0, 0.05) is 18.7 Å². The first-order chi connectivity index (χ1) is 8.34. The smallest absolute Gasteiger partial charge is 0.140 e. The van der Waals surface area contributed by atoms with E-state index >= 15 is 0 Å². The summed E-state index contributed by atoms with van der Waals surface area (Å²) in [6.45, 7) is 0.951. The summed E-state index contributed by atoms with van der Waals surface area (Å²) in [5, 5.41) is 3.40. The zero-order valence-corrected chi connectivity index (χ0v) is 10.9. The van der Waals surface area contributed by atoms with Crippen LogP contribution in [0.15, 0.2) is 47.1 Å². The van der Waals surface area contributed by atoms with Crippen LogP contribution in [0.25, 0.3) is 0 Å². The standard InChI is InChI=1S/C14H13BrN2/c15-13-6-3-7-16-14(13)17-9-11-8-10-4-1-2-5-12(10)11/h1-7,11H,8-9H2,(H,16,17). The van der Waals surface area contributed by atoms with Gasteiger partial charge in [-0.15, -0.1) is 0 Å². The molecule has 1 N–H and O–H groups in total. The molecule has 86 valence electrons. The van der Waals surface area contributed by atoms with E-state index in [1.54, 1.807) is 0 Å². The highest BCUT2D eigenvalue weighted by molar-refractivity contribution is 9.10. The van der Waals surface area contributed by atoms with Crippen LogP contribution < -0.4 is 5.32 Å². The number of hydrogen-bond acceptors (Lipinski definition) is 2. The maximum absolute atomic E-state index is 4.31. The number of halogens is 1. The van der Waals surface area contributed by atoms with E-state index in [0.717, 1.165) is 16.8 Å². The summed E-state index contributed by atoms with van der Waals surface area (Å²) in [4.78, 5) is 4.31. The second kappa shape index (κ2) is 4.49. The van der Waals surface area contributed by atoms with Crippen LogP contribution in [0.2, 0.25) is 0 Å². The molecule has 0 bridgehead atoms. The number of aromatic nitrogens is 1. The lowest BCUT2D eigenvalue weighted by atomic mass is 9.77. The van der Waals surface area contributed by atoms with E-state index in [1.165, 1.54) is 17.5 Å². The summed E-state index contributed by atoms with van der Waals surface area (Å²) in [5.41, 5.74) is 2.96. The maximum atomic E-state index is 4.31. The van der Waals surface area contributed by atoms with Gasteiger partial charge in [0.1, 0.15) is 5.82 Å². The van der Waals surface area contributed by atoms with Crippen LogP contribution in [-0.2, 0) is 6.42 Å². The monoisotopic (exact) mass is 288 g/mol. The quantitative estimate of drug-likeness (QED) is 0.934. The summed E-state index contributed by atoms with van der Waals surface area (Å²) in [7, 11) is 0. The SMILES string of the molecule is Brc1cccnc1NCC1Cc2ccccc21. The lowest BCUT2D eigenvalue weighted by Gasteiger charge is -2.30. The molecule has 3 heteroatoms. The van der Waals surface area contributed by atoms with Crippen LogP contribution in [0.1, 0.15) is 17.0 Å². The van der Waals surface area contributed by atoms with Crippen molar-refractivity contribution < 1.29 is 0 Å². The molecule has 2 aromatic rings. The Morgan fingerprint density at radius 1 is 1.24 bits per heavy atom. The maximum Gasteiger partial charge on any atom is 0.140 e. The molecule has 0 radical (unpaired) electrons. The van der Waals surface area contributed by atoms with Crippen molar-refractivity contribution in [3.05, 3.63) is 58.2 Å². The molecule has 3 rings (SSSR count). The Bertz CT molecular complexity index is 539. The molecule has 1 aromatic heterocycles. The molecule has 1 aromatic carbocycles. The van der Waals surface area contributed by atoms with Gasteiger partial charge in [0.25, 0.3) is 0 Å². The highest BCUT2D eigenvalue weighted by Crippen LogP contribution is 2.35. The fraction of sp³-hybridized carbons (Fsp3) is 0.214. The van der Waals surface area contributed by atoms with E-state index in [2.05, 4.69) is 50.5 Å². The summed E-state index contributed by atoms with van der Waals surface area (Å²) in [6, 6.07) is 12.6. The molecule has 0 fully saturated rings. The second-order valence-electron chi connectivity index (χ2n) is 4.31. The van der Waals surface area contributed by atoms with E-state index in [0.29, 0.717) is 5.92 Å². The van der Waals surface area contributed by atoms with Crippen LogP contribution in [-0.4, -0.2) is 11.5 Å². The Morgan fingerprint density at radius 3 is 2.94 bits per heavy atom. The van der Waals surface area contributed by atoms with Gasteiger partial charge < -0.3 is 5.32 Å². The molecule has 1 unspecified atom stereocenters. The first-order valence-corrected chi connectivity index (χ1v) is 6.56. The van der Waals surface area contributed by atoms with Gasteiger partial charge in [-0.3, -0.25) is 0 Å². The minimum atomic E-state index is 0.625. The number of anilines is 1. The summed E-state index contributed by atoms with van der Waals surface area (Å²) in [6.07, 6.45) is 2.98. The number of benzene rings is 1. The highest BCUT2D eigenvalue weighted by atomic mass is 79.9. The zero-order valence-electron chi connectivity index (χ0n) is 9.36. The number of nitrogens with zero attached hydrogens (tertiary/aromatic N) is 1. The van der Waals surface area contributed by atoms with Crippen LogP contribution in [0.3, 0.4) is 0 Å². The minimum Gasteiger partial charge on any atom is -0.369 e. The Labute approximate surface area is 109 Å². The van der Waals surface area contributed by atoms with Gasteiger partial charge in [0.05, 0.1) is 4.47 Å². The molecule has 0 amide bonds. The molecule has 0 aliphatic heterocycles. The van der Waals surface area contributed by atoms with Crippen molar-refractivity contribution in [3.8, 4) is 0 Å². The van der Waals surface area contributed by atoms with Crippen LogP contribution in [0.5, 0.6) is 0 Å². The van der Waals surface area contributed by atoms with Gasteiger partial charge >= 0.3 is 0 Å². The lowest BCUT2D eigenvalue weighted by molar-refractivity contribution is 0.634. The molecule has 1 heterocycles. The zero-order chi connectivity index (χ0) is 11.7. The van der Waals surface area contributed by atoms with Crippen molar-refractivity contribution in [2.75, 3.05) is 11.9 Å². The van der Waals surface area contributed by atoms with Crippen molar-refractivity contribution in [1.82, 2.24) is 4.98 Å². The largest absolute Gasteiger partial charge is 0.369 e. The molecule has 0 saturated heterocycles. The molecule has 2 nitrogen and oxygen atoms in total. The second-order valence-corrected chi connectivity index (χ2v) is 5.17. The van der Waals surface area contributed by atoms with E-state index < -0.39 is 0 Å². The topological polar surface area (TPSA) is 24.9 Å². The number of fused-ring (bicyclic) bond motifs is 1. The number of nitrogens with one attached hydrogen (secondary N) is 1. The van der Waals surface area contributed by atoms with E-state index in [9.17, 15) is 0 Å². The van der Waals surface area contributed by atoms with Gasteiger partial charge in [0.2, 0.25) is 0 Å². The third-order valence-electron chi connectivity index (χ3n) is 3.24. The predicted octanol–water partition coefficient (Wildman–Crippen LogP) is 3.60. The molecule has 1 atom stereocenters.